The molecule has 0 amide bonds. The number of nitrogens with two attached hydrogens (primary N) is 1. The van der Waals surface area contributed by atoms with Crippen molar-refractivity contribution in [3.63, 3.8) is 0 Å². The second-order valence-electron chi connectivity index (χ2n) is 10.1. The predicted octanol–water partition coefficient (Wildman–Crippen LogP) is 0.169. The summed E-state index contributed by atoms with van der Waals surface area (Å²) in [5.41, 5.74) is 7.45. The van der Waals surface area contributed by atoms with E-state index in [1.54, 1.807) is 24.3 Å². The number of aliphatic hydroxyl groups is 2. The van der Waals surface area contributed by atoms with E-state index in [0.29, 0.717) is 11.0 Å². The number of nitrogens with zero attached hydrogens (tertiary/aromatic N) is 6. The Kier molecular flexibility index (Phi) is 7.19. The zero-order valence-corrected chi connectivity index (χ0v) is 23.7. The van der Waals surface area contributed by atoms with E-state index in [1.807, 2.05) is 0 Å². The molecule has 1 aromatic carbocycles. The van der Waals surface area contributed by atoms with Crippen molar-refractivity contribution in [1.29, 1.82) is 0 Å². The Hall–Kier alpha value is -2.80. The van der Waals surface area contributed by atoms with Crippen LogP contribution in [0.2, 0.25) is 0 Å². The molecule has 43 heavy (non-hydrogen) atoms. The van der Waals surface area contributed by atoms with Gasteiger partial charge in [-0.2, -0.15) is 0 Å². The number of hydrogen-bond donors (Lipinski definition) is 4. The lowest BCUT2D eigenvalue weighted by atomic mass is 10.1. The molecule has 3 aliphatic rings. The maximum atomic E-state index is 13.4. The molecule has 0 aliphatic carbocycles. The number of nitrogen functional groups attached to an aromatic ring is 1. The normalized spacial score (nSPS) is 38.9. The van der Waals surface area contributed by atoms with Gasteiger partial charge in [0.1, 0.15) is 48.5 Å². The number of fused-ring (bicyclic) bond motifs is 6. The van der Waals surface area contributed by atoms with Crippen LogP contribution in [0, 0.1) is 0 Å². The first kappa shape index (κ1) is 28.9. The van der Waals surface area contributed by atoms with Gasteiger partial charge in [0.05, 0.1) is 44.4 Å². The van der Waals surface area contributed by atoms with Crippen LogP contribution in [-0.2, 0) is 36.7 Å². The van der Waals surface area contributed by atoms with E-state index in [9.17, 15) is 24.2 Å². The van der Waals surface area contributed by atoms with Crippen LogP contribution in [0.15, 0.2) is 43.2 Å². The molecular weight excluding hydrogens is 611 g/mol. The van der Waals surface area contributed by atoms with Crippen LogP contribution in [0.5, 0.6) is 0 Å². The Morgan fingerprint density at radius 3 is 2.30 bits per heavy atom. The Labute approximate surface area is 243 Å². The van der Waals surface area contributed by atoms with Gasteiger partial charge < -0.3 is 56.1 Å². The van der Waals surface area contributed by atoms with Crippen LogP contribution in [-0.4, -0.2) is 102 Å². The summed E-state index contributed by atoms with van der Waals surface area (Å²) in [5, 5.41) is 22.2. The van der Waals surface area contributed by atoms with Gasteiger partial charge in [-0.3, -0.25) is 13.6 Å². The van der Waals surface area contributed by atoms with Gasteiger partial charge in [0.25, 0.3) is 0 Å². The van der Waals surface area contributed by atoms with E-state index in [0.717, 1.165) is 0 Å². The van der Waals surface area contributed by atoms with E-state index in [1.165, 1.54) is 28.1 Å². The quantitative estimate of drug-likeness (QED) is 0.170. The number of hydrogen-bond acceptors (Lipinski definition) is 15. The highest BCUT2D eigenvalue weighted by Crippen LogP contribution is 2.53. The number of phosphoric ester groups is 1. The molecule has 0 spiro atoms. The largest absolute Gasteiger partial charge is 0.472 e. The summed E-state index contributed by atoms with van der Waals surface area (Å²) in [5.74, 6) is 0.0693. The summed E-state index contributed by atoms with van der Waals surface area (Å²) >= 11 is 0. The Bertz CT molecular complexity index is 1780. The molecule has 4 unspecified atom stereocenters. The molecule has 18 nitrogen and oxygen atoms in total. The highest BCUT2D eigenvalue weighted by molar-refractivity contribution is 7.79. The van der Waals surface area contributed by atoms with Crippen molar-refractivity contribution in [2.24, 2.45) is 0 Å². The number of para-hydroxylation sites is 2. The molecule has 6 heterocycles. The average Bonchev–Trinajstić information content (AvgIpc) is 3.72. The van der Waals surface area contributed by atoms with E-state index < -0.39 is 77.6 Å². The first-order valence-electron chi connectivity index (χ1n) is 12.9. The molecule has 21 heteroatoms. The lowest BCUT2D eigenvalue weighted by molar-refractivity contribution is -0.0637. The standard InChI is InChI=1S/C22H24BN7O11P2/c23-42(33)36-5-12-16(32)18(21(38-12)29-8-27-10-3-1-2-4-11(10)29)41-43(34,35)37-6-13-15(31)17(40-42)22(39-13)30-9-28-14-19(24)25-7-26-20(14)30/h1-4,7-9,12-13,15-18,21-22,31-32H,5-6H2,(H,34,35)(H2,24,25,26)/q-1/t12-,13-,15?,16+,17+,18?,21-,22-,42?/m1/s1. The SMILES string of the molecule is [B-]P1(=O)OC[C@H]2O[C@@H](n3cnc4ccccc43)C(OP(=O)(O)OC[C@H]3O[C@@H](n4cnc5c(N)ncnc54)[C@@H](O1)C3O)[C@H]2O. The van der Waals surface area contributed by atoms with Crippen molar-refractivity contribution in [3.05, 3.63) is 43.2 Å². The van der Waals surface area contributed by atoms with Crippen LogP contribution in [0.3, 0.4) is 0 Å². The molecule has 4 aromatic rings. The number of anilines is 1. The topological polar surface area (TPSA) is 238 Å². The molecular formula is C22H24BN7O11P2-. The molecule has 3 aromatic heterocycles. The van der Waals surface area contributed by atoms with Gasteiger partial charge in [-0.05, 0) is 12.1 Å². The third-order valence-electron chi connectivity index (χ3n) is 7.39. The lowest BCUT2D eigenvalue weighted by Crippen LogP contribution is -2.38. The molecule has 3 aliphatic heterocycles. The van der Waals surface area contributed by atoms with E-state index in [4.69, 9.17) is 40.9 Å². The van der Waals surface area contributed by atoms with Crippen molar-refractivity contribution >= 4 is 50.9 Å². The Balaban J connectivity index is 1.22. The minimum absolute atomic E-state index is 0.0693. The smallest absolute Gasteiger partial charge is 0.444 e. The van der Waals surface area contributed by atoms with Crippen molar-refractivity contribution in [1.82, 2.24) is 29.1 Å². The highest BCUT2D eigenvalue weighted by atomic mass is 31.2. The fourth-order valence-corrected chi connectivity index (χ4v) is 7.27. The van der Waals surface area contributed by atoms with Gasteiger partial charge in [-0.1, -0.05) is 12.1 Å². The maximum Gasteiger partial charge on any atom is 0.472 e. The summed E-state index contributed by atoms with van der Waals surface area (Å²) in [4.78, 5) is 27.1. The molecule has 0 saturated carbocycles. The number of benzene rings is 1. The lowest BCUT2D eigenvalue weighted by Gasteiger charge is -2.34. The van der Waals surface area contributed by atoms with Crippen LogP contribution in [0.4, 0.5) is 5.82 Å². The van der Waals surface area contributed by atoms with Crippen molar-refractivity contribution < 1.29 is 51.8 Å². The highest BCUT2D eigenvalue weighted by Gasteiger charge is 2.52. The van der Waals surface area contributed by atoms with E-state index in [-0.39, 0.29) is 17.0 Å². The zero-order valence-electron chi connectivity index (χ0n) is 21.9. The maximum absolute atomic E-state index is 13.4. The minimum Gasteiger partial charge on any atom is -0.444 e. The van der Waals surface area contributed by atoms with Crippen LogP contribution >= 0.6 is 15.3 Å². The molecule has 10 atom stereocenters. The molecule has 3 fully saturated rings. The third kappa shape index (κ3) is 5.20. The Morgan fingerprint density at radius 1 is 0.884 bits per heavy atom. The third-order valence-corrected chi connectivity index (χ3v) is 9.42. The molecule has 3 saturated heterocycles. The number of rotatable bonds is 2. The summed E-state index contributed by atoms with van der Waals surface area (Å²) in [6.07, 6.45) is -7.31. The van der Waals surface area contributed by atoms with Gasteiger partial charge in [-0.15, -0.1) is 0 Å². The van der Waals surface area contributed by atoms with E-state index >= 15 is 0 Å². The predicted molar refractivity (Wildman–Crippen MR) is 144 cm³/mol. The summed E-state index contributed by atoms with van der Waals surface area (Å²) in [6.45, 7) is -1.29. The fraction of sp³-hybridized carbons (Fsp3) is 0.455. The summed E-state index contributed by atoms with van der Waals surface area (Å²) < 4.78 is 62.9. The van der Waals surface area contributed by atoms with Gasteiger partial charge in [-0.25, -0.2) is 24.5 Å². The van der Waals surface area contributed by atoms with Gasteiger partial charge in [0.15, 0.2) is 23.9 Å². The second-order valence-corrected chi connectivity index (χ2v) is 13.0. The first-order chi connectivity index (χ1) is 20.5. The summed E-state index contributed by atoms with van der Waals surface area (Å²) in [6, 6.07) is 7.00. The number of phosphoric acid groups is 1. The number of imidazole rings is 2. The minimum atomic E-state index is -4.94. The van der Waals surface area contributed by atoms with Crippen molar-refractivity contribution in [2.75, 3.05) is 18.9 Å². The fourth-order valence-electron chi connectivity index (χ4n) is 5.35. The Morgan fingerprint density at radius 2 is 1.53 bits per heavy atom. The molecule has 4 bridgehead atoms. The molecule has 5 N–H and O–H groups in total. The number of aliphatic hydroxyl groups excluding tert-OH is 2. The van der Waals surface area contributed by atoms with Crippen molar-refractivity contribution in [2.45, 2.75) is 49.1 Å². The van der Waals surface area contributed by atoms with Gasteiger partial charge in [0, 0.05) is 0 Å². The summed E-state index contributed by atoms with van der Waals surface area (Å²) in [7, 11) is -3.50. The van der Waals surface area contributed by atoms with Gasteiger partial charge >= 0.3 is 7.82 Å². The van der Waals surface area contributed by atoms with Crippen LogP contribution in [0.25, 0.3) is 22.2 Å². The number of ether oxygens (including phenoxy) is 2. The van der Waals surface area contributed by atoms with Gasteiger partial charge in [0.2, 0.25) is 0 Å². The zero-order chi connectivity index (χ0) is 30.1. The van der Waals surface area contributed by atoms with Crippen molar-refractivity contribution in [3.8, 4) is 0 Å². The molecule has 3 radical (unpaired) electrons. The molecule has 227 valence electrons. The monoisotopic (exact) mass is 635 g/mol. The van der Waals surface area contributed by atoms with E-state index in [2.05, 4.69) is 19.9 Å². The first-order valence-corrected chi connectivity index (χ1v) is 16.0. The number of aromatic nitrogens is 6. The average molecular weight is 635 g/mol. The van der Waals surface area contributed by atoms with Crippen LogP contribution in [0.1, 0.15) is 12.5 Å². The second kappa shape index (κ2) is 10.7. The molecule has 7 rings (SSSR count). The van der Waals surface area contributed by atoms with Crippen LogP contribution < -0.4 is 5.73 Å².